The minimum absolute atomic E-state index is 0.00703. The topological polar surface area (TPSA) is 102 Å². The van der Waals surface area contributed by atoms with Crippen molar-refractivity contribution in [3.8, 4) is 11.5 Å². The number of nitrogens with one attached hydrogen (secondary N) is 2. The summed E-state index contributed by atoms with van der Waals surface area (Å²) in [6.45, 7) is 10.5. The summed E-state index contributed by atoms with van der Waals surface area (Å²) in [4.78, 5) is 9.01. The van der Waals surface area contributed by atoms with Crippen molar-refractivity contribution in [3.63, 3.8) is 0 Å². The Morgan fingerprint density at radius 3 is 2.05 bits per heavy atom. The summed E-state index contributed by atoms with van der Waals surface area (Å²) in [7, 11) is -4.12. The Labute approximate surface area is 245 Å². The second-order valence-corrected chi connectivity index (χ2v) is 10.7. The summed E-state index contributed by atoms with van der Waals surface area (Å²) in [6, 6.07) is 15.4. The van der Waals surface area contributed by atoms with E-state index in [4.69, 9.17) is 32.7 Å². The highest BCUT2D eigenvalue weighted by atomic mass is 35.5. The third-order valence-electron chi connectivity index (χ3n) is 5.40. The average molecular weight is 604 g/mol. The molecule has 11 heteroatoms. The Morgan fingerprint density at radius 2 is 1.45 bits per heavy atom. The lowest BCUT2D eigenvalue weighted by Gasteiger charge is -2.20. The lowest BCUT2D eigenvalue weighted by atomic mass is 10.2. The summed E-state index contributed by atoms with van der Waals surface area (Å²) < 4.78 is 40.4. The van der Waals surface area contributed by atoms with Crippen LogP contribution in [0.15, 0.2) is 71.6 Å². The van der Waals surface area contributed by atoms with Gasteiger partial charge in [0.05, 0.1) is 16.1 Å². The largest absolute Gasteiger partial charge is 0.486 e. The molecule has 8 nitrogen and oxygen atoms in total. The zero-order valence-corrected chi connectivity index (χ0v) is 25.3. The first-order valence-electron chi connectivity index (χ1n) is 12.7. The van der Waals surface area contributed by atoms with E-state index in [0.717, 1.165) is 0 Å². The molecule has 0 radical (unpaired) electrons. The lowest BCUT2D eigenvalue weighted by Crippen LogP contribution is -2.18. The third-order valence-corrected chi connectivity index (χ3v) is 7.57. The Balaban J connectivity index is 0.000000677. The summed E-state index contributed by atoms with van der Waals surface area (Å²) >= 11 is 12.2. The maximum Gasteiger partial charge on any atom is 0.264 e. The van der Waals surface area contributed by atoms with Gasteiger partial charge in [0.1, 0.15) is 18.1 Å². The highest BCUT2D eigenvalue weighted by Crippen LogP contribution is 2.36. The Bertz CT molecular complexity index is 1580. The number of allylic oxidation sites excluding steroid dienone is 2. The molecule has 1 aromatic heterocycles. The fourth-order valence-electron chi connectivity index (χ4n) is 3.62. The van der Waals surface area contributed by atoms with Crippen LogP contribution in [0.1, 0.15) is 33.3 Å². The van der Waals surface area contributed by atoms with Gasteiger partial charge < -0.3 is 14.8 Å². The number of para-hydroxylation sites is 2. The van der Waals surface area contributed by atoms with Crippen LogP contribution in [-0.4, -0.2) is 31.6 Å². The van der Waals surface area contributed by atoms with Crippen LogP contribution in [0.2, 0.25) is 10.0 Å². The molecule has 0 amide bonds. The van der Waals surface area contributed by atoms with Crippen molar-refractivity contribution in [1.29, 1.82) is 0 Å². The first-order chi connectivity index (χ1) is 19.2. The number of aromatic nitrogens is 2. The van der Waals surface area contributed by atoms with E-state index in [-0.39, 0.29) is 21.6 Å². The van der Waals surface area contributed by atoms with Gasteiger partial charge in [-0.25, -0.2) is 18.4 Å². The molecule has 1 aliphatic heterocycles. The maximum absolute atomic E-state index is 13.3. The molecule has 3 aromatic carbocycles. The van der Waals surface area contributed by atoms with Crippen molar-refractivity contribution in [3.05, 3.63) is 82.4 Å². The molecule has 0 saturated heterocycles. The van der Waals surface area contributed by atoms with Crippen molar-refractivity contribution in [2.24, 2.45) is 0 Å². The molecule has 4 aromatic rings. The van der Waals surface area contributed by atoms with E-state index in [1.165, 1.54) is 12.1 Å². The number of benzene rings is 3. The van der Waals surface area contributed by atoms with Crippen LogP contribution in [0.25, 0.3) is 11.0 Å². The van der Waals surface area contributed by atoms with E-state index >= 15 is 0 Å². The molecule has 212 valence electrons. The first kappa shape index (κ1) is 31.0. The summed E-state index contributed by atoms with van der Waals surface area (Å²) in [6.07, 6.45) is 4.00. The Hall–Kier alpha value is -3.53. The molecule has 0 fully saturated rings. The minimum Gasteiger partial charge on any atom is -0.486 e. The maximum atomic E-state index is 13.3. The van der Waals surface area contributed by atoms with Gasteiger partial charge in [-0.3, -0.25) is 4.72 Å². The standard InChI is InChI=1S/C23H18Cl2N4O4S.C4H8.C2H6/c1-13-10-14(24)11-16(25)21(13)34(30,31)29-23-22(27-17-4-2-3-5-18(17)28-23)26-15-6-7-19-20(12-15)33-9-8-32-19;1-3-4-2;1-2/h2-7,10-12H,8-9H2,1H3,(H,26,27)(H,28,29);3-4H,1-2H3;1-2H3/b;4-3-;. The molecule has 1 aliphatic rings. The van der Waals surface area contributed by atoms with E-state index < -0.39 is 10.0 Å². The van der Waals surface area contributed by atoms with Crippen LogP contribution in [0.3, 0.4) is 0 Å². The molecule has 0 saturated carbocycles. The van der Waals surface area contributed by atoms with Crippen molar-refractivity contribution in [2.75, 3.05) is 23.3 Å². The van der Waals surface area contributed by atoms with E-state index in [2.05, 4.69) is 20.0 Å². The van der Waals surface area contributed by atoms with Gasteiger partial charge in [-0.1, -0.05) is 61.3 Å². The number of hydrogen-bond donors (Lipinski definition) is 2. The van der Waals surface area contributed by atoms with Gasteiger partial charge in [-0.05, 0) is 62.7 Å². The number of nitrogens with zero attached hydrogens (tertiary/aromatic N) is 2. The third kappa shape index (κ3) is 7.56. The molecule has 2 heterocycles. The van der Waals surface area contributed by atoms with Crippen LogP contribution in [-0.2, 0) is 10.0 Å². The van der Waals surface area contributed by atoms with Gasteiger partial charge >= 0.3 is 0 Å². The van der Waals surface area contributed by atoms with Gasteiger partial charge in [-0.2, -0.15) is 0 Å². The summed E-state index contributed by atoms with van der Waals surface area (Å²) in [5.74, 6) is 1.44. The fraction of sp³-hybridized carbons (Fsp3) is 0.241. The molecule has 0 atom stereocenters. The number of ether oxygens (including phenoxy) is 2. The quantitative estimate of drug-likeness (QED) is 0.222. The highest BCUT2D eigenvalue weighted by Gasteiger charge is 2.24. The van der Waals surface area contributed by atoms with Crippen molar-refractivity contribution >= 4 is 61.6 Å². The number of rotatable bonds is 5. The predicted molar refractivity (Wildman–Crippen MR) is 164 cm³/mol. The van der Waals surface area contributed by atoms with Crippen LogP contribution in [0.4, 0.5) is 17.3 Å². The molecule has 0 spiro atoms. The summed E-state index contributed by atoms with van der Waals surface area (Å²) in [5, 5.41) is 3.48. The van der Waals surface area contributed by atoms with Crippen molar-refractivity contribution in [2.45, 2.75) is 39.5 Å². The molecule has 2 N–H and O–H groups in total. The van der Waals surface area contributed by atoms with Crippen LogP contribution in [0, 0.1) is 6.92 Å². The number of aryl methyl sites for hydroxylation is 1. The molecule has 5 rings (SSSR count). The smallest absolute Gasteiger partial charge is 0.264 e. The summed E-state index contributed by atoms with van der Waals surface area (Å²) in [5.41, 5.74) is 2.13. The highest BCUT2D eigenvalue weighted by molar-refractivity contribution is 7.93. The van der Waals surface area contributed by atoms with E-state index in [1.807, 2.05) is 45.9 Å². The normalized spacial score (nSPS) is 12.2. The second-order valence-electron chi connectivity index (χ2n) is 8.20. The first-order valence-corrected chi connectivity index (χ1v) is 14.9. The van der Waals surface area contributed by atoms with Gasteiger partial charge in [0.25, 0.3) is 10.0 Å². The number of fused-ring (bicyclic) bond motifs is 2. The molecule has 0 aliphatic carbocycles. The number of halogens is 2. The Kier molecular flexibility index (Phi) is 11.0. The zero-order chi connectivity index (χ0) is 29.3. The molecular formula is C29H32Cl2N4O4S. The zero-order valence-electron chi connectivity index (χ0n) is 23.0. The van der Waals surface area contributed by atoms with Gasteiger partial charge in [0.2, 0.25) is 0 Å². The average Bonchev–Trinajstić information content (AvgIpc) is 2.93. The fourth-order valence-corrected chi connectivity index (χ4v) is 5.82. The van der Waals surface area contributed by atoms with E-state index in [1.54, 1.807) is 43.3 Å². The monoisotopic (exact) mass is 602 g/mol. The van der Waals surface area contributed by atoms with Crippen LogP contribution in [0.5, 0.6) is 11.5 Å². The lowest BCUT2D eigenvalue weighted by molar-refractivity contribution is 0.171. The SMILES string of the molecule is C/C=C\C.CC.Cc1cc(Cl)cc(Cl)c1S(=O)(=O)Nc1nc2ccccc2nc1Nc1ccc2c(c1)OCCO2. The van der Waals surface area contributed by atoms with E-state index in [9.17, 15) is 8.42 Å². The molecule has 40 heavy (non-hydrogen) atoms. The number of hydrogen-bond acceptors (Lipinski definition) is 7. The molecular weight excluding hydrogens is 571 g/mol. The predicted octanol–water partition coefficient (Wildman–Crippen LogP) is 8.17. The van der Waals surface area contributed by atoms with Gasteiger partial charge in [0, 0.05) is 16.8 Å². The van der Waals surface area contributed by atoms with Crippen molar-refractivity contribution in [1.82, 2.24) is 9.97 Å². The minimum atomic E-state index is -4.12. The van der Waals surface area contributed by atoms with Gasteiger partial charge in [-0.15, -0.1) is 0 Å². The number of sulfonamides is 1. The van der Waals surface area contributed by atoms with Crippen LogP contribution < -0.4 is 19.5 Å². The molecule has 0 bridgehead atoms. The van der Waals surface area contributed by atoms with Crippen molar-refractivity contribution < 1.29 is 17.9 Å². The van der Waals surface area contributed by atoms with E-state index in [0.29, 0.717) is 52.0 Å². The Morgan fingerprint density at radius 1 is 0.850 bits per heavy atom. The number of anilines is 3. The van der Waals surface area contributed by atoms with Crippen LogP contribution >= 0.6 is 23.2 Å². The van der Waals surface area contributed by atoms with Gasteiger partial charge in [0.15, 0.2) is 23.1 Å². The molecule has 0 unspecified atom stereocenters. The second kappa shape index (κ2) is 14.2.